The second-order valence-electron chi connectivity index (χ2n) is 3.48. The van der Waals surface area contributed by atoms with Crippen LogP contribution in [0.5, 0.6) is 0 Å². The minimum atomic E-state index is -0.307. The van der Waals surface area contributed by atoms with E-state index in [1.54, 1.807) is 13.2 Å². The monoisotopic (exact) mass is 237 g/mol. The van der Waals surface area contributed by atoms with Crippen molar-refractivity contribution in [1.29, 1.82) is 0 Å². The lowest BCUT2D eigenvalue weighted by Crippen LogP contribution is -2.37. The van der Waals surface area contributed by atoms with Crippen molar-refractivity contribution in [2.75, 3.05) is 0 Å². The molecule has 2 aromatic rings. The van der Waals surface area contributed by atoms with Gasteiger partial charge in [0.1, 0.15) is 0 Å². The molecule has 0 saturated heterocycles. The number of aryl methyl sites for hydroxylation is 2. The molecular formula is C10H11N3O2S. The smallest absolute Gasteiger partial charge is 0.303 e. The van der Waals surface area contributed by atoms with E-state index >= 15 is 0 Å². The third-order valence-electron chi connectivity index (χ3n) is 2.22. The molecule has 0 amide bonds. The largest absolute Gasteiger partial charge is 0.331 e. The van der Waals surface area contributed by atoms with E-state index in [0.29, 0.717) is 0 Å². The van der Waals surface area contributed by atoms with Crippen LogP contribution in [-0.4, -0.2) is 14.1 Å². The molecule has 0 fully saturated rings. The third kappa shape index (κ3) is 1.96. The number of aromatic nitrogens is 3. The van der Waals surface area contributed by atoms with Gasteiger partial charge in [0.2, 0.25) is 0 Å². The number of hydrogen-bond donors (Lipinski definition) is 0. The van der Waals surface area contributed by atoms with Crippen molar-refractivity contribution >= 4 is 11.3 Å². The minimum Gasteiger partial charge on any atom is -0.303 e. The van der Waals surface area contributed by atoms with Gasteiger partial charge in [-0.2, -0.15) is 0 Å². The first-order valence-electron chi connectivity index (χ1n) is 4.75. The molecule has 0 spiro atoms. The zero-order valence-electron chi connectivity index (χ0n) is 9.01. The van der Waals surface area contributed by atoms with Gasteiger partial charge in [0.25, 0.3) is 5.56 Å². The number of hydrogen-bond acceptors (Lipinski definition) is 4. The fourth-order valence-corrected chi connectivity index (χ4v) is 2.18. The Morgan fingerprint density at radius 2 is 2.19 bits per heavy atom. The summed E-state index contributed by atoms with van der Waals surface area (Å²) in [6, 6.07) is 1.38. The van der Waals surface area contributed by atoms with Crippen LogP contribution in [-0.2, 0) is 13.6 Å². The van der Waals surface area contributed by atoms with Gasteiger partial charge < -0.3 is 4.57 Å². The second kappa shape index (κ2) is 4.05. The summed E-state index contributed by atoms with van der Waals surface area (Å²) >= 11 is 1.49. The van der Waals surface area contributed by atoms with Crippen molar-refractivity contribution in [2.24, 2.45) is 7.05 Å². The molecule has 0 aliphatic rings. The van der Waals surface area contributed by atoms with Gasteiger partial charge in [-0.3, -0.25) is 9.36 Å². The van der Waals surface area contributed by atoms with Gasteiger partial charge in [-0.25, -0.2) is 9.78 Å². The quantitative estimate of drug-likeness (QED) is 0.757. The maximum atomic E-state index is 11.7. The van der Waals surface area contributed by atoms with Crippen LogP contribution in [0, 0.1) is 6.92 Å². The van der Waals surface area contributed by atoms with Gasteiger partial charge in [0, 0.05) is 30.4 Å². The van der Waals surface area contributed by atoms with E-state index in [1.807, 2.05) is 6.92 Å². The van der Waals surface area contributed by atoms with E-state index in [0.717, 1.165) is 9.88 Å². The van der Waals surface area contributed by atoms with Gasteiger partial charge >= 0.3 is 5.69 Å². The van der Waals surface area contributed by atoms with E-state index in [1.165, 1.54) is 32.7 Å². The fourth-order valence-electron chi connectivity index (χ4n) is 1.39. The fraction of sp³-hybridized carbons (Fsp3) is 0.300. The number of rotatable bonds is 2. The summed E-state index contributed by atoms with van der Waals surface area (Å²) < 4.78 is 2.59. The summed E-state index contributed by atoms with van der Waals surface area (Å²) in [6.45, 7) is 2.18. The van der Waals surface area contributed by atoms with Crippen LogP contribution in [0.15, 0.2) is 28.0 Å². The predicted molar refractivity (Wildman–Crippen MR) is 61.9 cm³/mol. The topological polar surface area (TPSA) is 56.9 Å². The SMILES string of the molecule is Cc1ncc(Cn2c(=O)ccn(C)c2=O)s1. The molecule has 0 aliphatic heterocycles. The molecule has 0 atom stereocenters. The van der Waals surface area contributed by atoms with E-state index < -0.39 is 0 Å². The van der Waals surface area contributed by atoms with E-state index in [-0.39, 0.29) is 17.8 Å². The van der Waals surface area contributed by atoms with Gasteiger partial charge in [0.15, 0.2) is 0 Å². The lowest BCUT2D eigenvalue weighted by molar-refractivity contribution is 0.644. The molecule has 0 N–H and O–H groups in total. The summed E-state index contributed by atoms with van der Waals surface area (Å²) in [5.41, 5.74) is -0.590. The standard InChI is InChI=1S/C10H11N3O2S/c1-7-11-5-8(16-7)6-13-9(14)3-4-12(2)10(13)15/h3-5H,6H2,1-2H3. The maximum absolute atomic E-state index is 11.7. The number of thiazole rings is 1. The van der Waals surface area contributed by atoms with Crippen molar-refractivity contribution in [3.63, 3.8) is 0 Å². The van der Waals surface area contributed by atoms with Crippen LogP contribution in [0.1, 0.15) is 9.88 Å². The van der Waals surface area contributed by atoms with Crippen LogP contribution in [0.2, 0.25) is 0 Å². The summed E-state index contributed by atoms with van der Waals surface area (Å²) in [5, 5.41) is 0.927. The Hall–Kier alpha value is -1.69. The molecule has 16 heavy (non-hydrogen) atoms. The molecule has 5 nitrogen and oxygen atoms in total. The Labute approximate surface area is 95.6 Å². The third-order valence-corrected chi connectivity index (χ3v) is 3.12. The summed E-state index contributed by atoms with van der Waals surface area (Å²) in [4.78, 5) is 28.2. The molecule has 0 saturated carbocycles. The van der Waals surface area contributed by atoms with Crippen molar-refractivity contribution in [2.45, 2.75) is 13.5 Å². The highest BCUT2D eigenvalue weighted by atomic mass is 32.1. The van der Waals surface area contributed by atoms with Gasteiger partial charge in [0.05, 0.1) is 11.6 Å². The Morgan fingerprint density at radius 3 is 2.81 bits per heavy atom. The maximum Gasteiger partial charge on any atom is 0.331 e. The molecule has 2 rings (SSSR count). The highest BCUT2D eigenvalue weighted by molar-refractivity contribution is 7.11. The van der Waals surface area contributed by atoms with E-state index in [2.05, 4.69) is 4.98 Å². The summed E-state index contributed by atoms with van der Waals surface area (Å²) in [7, 11) is 1.62. The highest BCUT2D eigenvalue weighted by Gasteiger charge is 2.05. The molecule has 0 bridgehead atoms. The average Bonchev–Trinajstić information content (AvgIpc) is 2.65. The van der Waals surface area contributed by atoms with Crippen LogP contribution in [0.4, 0.5) is 0 Å². The molecule has 2 aromatic heterocycles. The first-order chi connectivity index (χ1) is 7.58. The van der Waals surface area contributed by atoms with Crippen LogP contribution in [0.3, 0.4) is 0 Å². The molecule has 84 valence electrons. The molecule has 0 unspecified atom stereocenters. The highest BCUT2D eigenvalue weighted by Crippen LogP contribution is 2.11. The van der Waals surface area contributed by atoms with Gasteiger partial charge in [-0.15, -0.1) is 11.3 Å². The predicted octanol–water partition coefficient (Wildman–Crippen LogP) is 0.360. The molecule has 0 radical (unpaired) electrons. The Bertz CT molecular complexity index is 623. The zero-order chi connectivity index (χ0) is 11.7. The second-order valence-corrected chi connectivity index (χ2v) is 4.80. The van der Waals surface area contributed by atoms with Gasteiger partial charge in [-0.05, 0) is 6.92 Å². The van der Waals surface area contributed by atoms with Crippen molar-refractivity contribution in [3.05, 3.63) is 49.2 Å². The first kappa shape index (κ1) is 10.8. The molecule has 2 heterocycles. The average molecular weight is 237 g/mol. The zero-order valence-corrected chi connectivity index (χ0v) is 9.82. The normalized spacial score (nSPS) is 10.6. The minimum absolute atomic E-state index is 0.283. The Morgan fingerprint density at radius 1 is 1.44 bits per heavy atom. The van der Waals surface area contributed by atoms with Crippen LogP contribution < -0.4 is 11.2 Å². The van der Waals surface area contributed by atoms with Gasteiger partial charge in [-0.1, -0.05) is 0 Å². The van der Waals surface area contributed by atoms with E-state index in [9.17, 15) is 9.59 Å². The van der Waals surface area contributed by atoms with Crippen LogP contribution >= 0.6 is 11.3 Å². The van der Waals surface area contributed by atoms with Crippen molar-refractivity contribution < 1.29 is 0 Å². The number of nitrogens with zero attached hydrogens (tertiary/aromatic N) is 3. The van der Waals surface area contributed by atoms with Crippen molar-refractivity contribution in [3.8, 4) is 0 Å². The first-order valence-corrected chi connectivity index (χ1v) is 5.57. The Kier molecular flexibility index (Phi) is 2.74. The Balaban J connectivity index is 2.46. The molecule has 0 aromatic carbocycles. The molecule has 6 heteroatoms. The summed E-state index contributed by atoms with van der Waals surface area (Å²) in [6.07, 6.45) is 3.16. The van der Waals surface area contributed by atoms with E-state index in [4.69, 9.17) is 0 Å². The lowest BCUT2D eigenvalue weighted by Gasteiger charge is -2.03. The lowest BCUT2D eigenvalue weighted by atomic mass is 10.5. The summed E-state index contributed by atoms with van der Waals surface area (Å²) in [5.74, 6) is 0. The van der Waals surface area contributed by atoms with Crippen molar-refractivity contribution in [1.82, 2.24) is 14.1 Å². The van der Waals surface area contributed by atoms with Crippen LogP contribution in [0.25, 0.3) is 0 Å². The molecular weight excluding hydrogens is 226 g/mol. The molecule has 0 aliphatic carbocycles.